The van der Waals surface area contributed by atoms with Crippen LogP contribution >= 0.6 is 0 Å². The van der Waals surface area contributed by atoms with E-state index >= 15 is 0 Å². The molecule has 0 radical (unpaired) electrons. The molecular weight excluding hydrogens is 366 g/mol. The minimum Gasteiger partial charge on any atom is -0.412 e. The second-order valence-corrected chi connectivity index (χ2v) is 7.65. The Kier molecular flexibility index (Phi) is 8.88. The molecule has 4 atom stereocenters. The van der Waals surface area contributed by atoms with Gasteiger partial charge in [0.25, 0.3) is 5.91 Å². The molecule has 1 unspecified atom stereocenters. The first-order valence-corrected chi connectivity index (χ1v) is 9.00. The van der Waals surface area contributed by atoms with Gasteiger partial charge in [0.15, 0.2) is 17.1 Å². The number of aliphatic hydroxyl groups is 1. The monoisotopic (exact) mass is 399 g/mol. The molecule has 2 aliphatic rings. The third-order valence-electron chi connectivity index (χ3n) is 5.32. The van der Waals surface area contributed by atoms with Crippen molar-refractivity contribution in [2.45, 2.75) is 63.8 Å². The second-order valence-electron chi connectivity index (χ2n) is 7.65. The number of rotatable bonds is 5. The highest BCUT2D eigenvalue weighted by Crippen LogP contribution is 2.36. The Bertz CT molecular complexity index is 685. The van der Waals surface area contributed by atoms with Crippen LogP contribution in [0.15, 0.2) is 23.3 Å². The van der Waals surface area contributed by atoms with E-state index in [-0.39, 0.29) is 23.3 Å². The van der Waals surface area contributed by atoms with Crippen LogP contribution in [0.4, 0.5) is 0 Å². The van der Waals surface area contributed by atoms with Gasteiger partial charge in [-0.2, -0.15) is 0 Å². The highest BCUT2D eigenvalue weighted by atomic mass is 16.3. The van der Waals surface area contributed by atoms with Gasteiger partial charge in [-0.15, -0.1) is 0 Å². The van der Waals surface area contributed by atoms with Crippen LogP contribution in [-0.2, 0) is 14.4 Å². The fourth-order valence-corrected chi connectivity index (χ4v) is 3.65. The van der Waals surface area contributed by atoms with Gasteiger partial charge >= 0.3 is 0 Å². The van der Waals surface area contributed by atoms with Gasteiger partial charge in [0.1, 0.15) is 6.10 Å². The van der Waals surface area contributed by atoms with Crippen molar-refractivity contribution >= 4 is 17.5 Å². The molecule has 0 fully saturated rings. The summed E-state index contributed by atoms with van der Waals surface area (Å²) in [6, 6.07) is -1.78. The number of carbonyl (C=O) groups excluding carboxylic acids is 3. The zero-order valence-corrected chi connectivity index (χ0v) is 16.9. The van der Waals surface area contributed by atoms with E-state index < -0.39 is 41.2 Å². The highest BCUT2D eigenvalue weighted by molar-refractivity contribution is 6.17. The molecule has 0 saturated heterocycles. The number of nitrogens with zero attached hydrogens (tertiary/aromatic N) is 1. The van der Waals surface area contributed by atoms with Crippen molar-refractivity contribution in [2.75, 3.05) is 7.05 Å². The van der Waals surface area contributed by atoms with Gasteiger partial charge in [0, 0.05) is 7.05 Å². The summed E-state index contributed by atoms with van der Waals surface area (Å²) in [6.07, 6.45) is 4.00. The zero-order valence-electron chi connectivity index (χ0n) is 16.9. The molecule has 1 amide bonds. The van der Waals surface area contributed by atoms with Crippen LogP contribution in [0.1, 0.15) is 40.0 Å². The smallest absolute Gasteiger partial charge is 0.255 e. The van der Waals surface area contributed by atoms with Gasteiger partial charge in [0.2, 0.25) is 0 Å². The maximum absolute atomic E-state index is 13.2. The Morgan fingerprint density at radius 1 is 1.29 bits per heavy atom. The highest BCUT2D eigenvalue weighted by Gasteiger charge is 2.52. The van der Waals surface area contributed by atoms with Gasteiger partial charge in [-0.3, -0.25) is 14.4 Å². The van der Waals surface area contributed by atoms with Crippen molar-refractivity contribution in [1.82, 2.24) is 4.90 Å². The van der Waals surface area contributed by atoms with Crippen LogP contribution in [0.5, 0.6) is 0 Å². The van der Waals surface area contributed by atoms with Crippen molar-refractivity contribution in [3.63, 3.8) is 0 Å². The fourth-order valence-electron chi connectivity index (χ4n) is 3.65. The number of amides is 1. The van der Waals surface area contributed by atoms with E-state index in [0.717, 1.165) is 12.0 Å². The summed E-state index contributed by atoms with van der Waals surface area (Å²) in [5.41, 5.74) is 11.5. The van der Waals surface area contributed by atoms with Gasteiger partial charge in [-0.25, -0.2) is 0 Å². The molecule has 0 aromatic heterocycles. The fraction of sp³-hybridized carbons (Fsp3) is 0.632. The lowest BCUT2D eigenvalue weighted by atomic mass is 9.77. The topological polar surface area (TPSA) is 190 Å². The summed E-state index contributed by atoms with van der Waals surface area (Å²) in [7, 11) is 1.45. The number of hydrogen-bond acceptors (Lipinski definition) is 6. The van der Waals surface area contributed by atoms with E-state index in [1.54, 1.807) is 19.9 Å². The molecular formula is C19H33N3O6. The average Bonchev–Trinajstić information content (AvgIpc) is 2.69. The van der Waals surface area contributed by atoms with Crippen molar-refractivity contribution in [1.29, 1.82) is 0 Å². The largest absolute Gasteiger partial charge is 0.412 e. The number of allylic oxidation sites excluding steroid dienone is 1. The number of ketones is 2. The minimum absolute atomic E-state index is 0. The zero-order chi connectivity index (χ0) is 19.8. The number of aliphatic hydroxyl groups excluding tert-OH is 1. The molecule has 0 bridgehead atoms. The Balaban J connectivity index is 0.00000364. The van der Waals surface area contributed by atoms with Crippen molar-refractivity contribution in [3.05, 3.63) is 23.3 Å². The lowest BCUT2D eigenvalue weighted by Crippen LogP contribution is -2.65. The van der Waals surface area contributed by atoms with E-state index in [9.17, 15) is 19.5 Å². The molecule has 0 saturated carbocycles. The first-order chi connectivity index (χ1) is 12.0. The number of likely N-dealkylation sites (N-methyl/N-ethyl adjacent to an activating group) is 1. The number of carbonyl (C=O) groups is 3. The van der Waals surface area contributed by atoms with Crippen molar-refractivity contribution < 1.29 is 30.4 Å². The predicted octanol–water partition coefficient (Wildman–Crippen LogP) is -1.59. The Morgan fingerprint density at radius 2 is 1.86 bits per heavy atom. The standard InChI is InChI=1S/C19H29N3O4.2H2O/c1-10(2)15(23)16(24)14-9-12-7-5-6-8-13(12)19(21,17(25)11(3)20)18(26)22(14)4;;/h6,8,10-11,14-15,23H,5,7,9,20-21H2,1-4H3;2*1H2/t11-,14?,15-,19-;;/m0../s1. The SMILES string of the molecule is CC(C)[C@H](O)C(=O)C1CC2=C(C=CCC2)[C@](N)(C(=O)[C@H](C)N)C(=O)N1C.O.O. The van der Waals surface area contributed by atoms with Crippen LogP contribution in [0.25, 0.3) is 0 Å². The normalized spacial score (nSPS) is 26.6. The molecule has 0 aromatic carbocycles. The summed E-state index contributed by atoms with van der Waals surface area (Å²) < 4.78 is 0. The maximum atomic E-state index is 13.2. The Morgan fingerprint density at radius 3 is 2.36 bits per heavy atom. The third kappa shape index (κ3) is 4.23. The molecule has 1 aliphatic carbocycles. The lowest BCUT2D eigenvalue weighted by molar-refractivity contribution is -0.147. The molecule has 2 rings (SSSR count). The number of Topliss-reactive ketones (excluding diaryl/α,β-unsaturated/α-hetero) is 2. The van der Waals surface area contributed by atoms with E-state index in [2.05, 4.69) is 0 Å². The molecule has 9 N–H and O–H groups in total. The molecule has 0 spiro atoms. The van der Waals surface area contributed by atoms with E-state index in [4.69, 9.17) is 11.5 Å². The van der Waals surface area contributed by atoms with E-state index in [1.807, 2.05) is 6.08 Å². The average molecular weight is 399 g/mol. The minimum atomic E-state index is -1.91. The summed E-state index contributed by atoms with van der Waals surface area (Å²) >= 11 is 0. The Labute approximate surface area is 165 Å². The molecule has 160 valence electrons. The van der Waals surface area contributed by atoms with Gasteiger partial charge in [-0.05, 0) is 37.7 Å². The van der Waals surface area contributed by atoms with Crippen molar-refractivity contribution in [3.8, 4) is 0 Å². The predicted molar refractivity (Wildman–Crippen MR) is 105 cm³/mol. The lowest BCUT2D eigenvalue weighted by Gasteiger charge is -2.34. The van der Waals surface area contributed by atoms with Gasteiger partial charge in [0.05, 0.1) is 12.1 Å². The number of hydrogen-bond donors (Lipinski definition) is 3. The quantitative estimate of drug-likeness (QED) is 0.467. The molecule has 9 nitrogen and oxygen atoms in total. The van der Waals surface area contributed by atoms with Gasteiger partial charge < -0.3 is 32.4 Å². The second kappa shape index (κ2) is 9.53. The van der Waals surface area contributed by atoms with Crippen molar-refractivity contribution in [2.24, 2.45) is 17.4 Å². The van der Waals surface area contributed by atoms with Crippen LogP contribution in [0, 0.1) is 5.92 Å². The van der Waals surface area contributed by atoms with Crippen LogP contribution < -0.4 is 11.5 Å². The summed E-state index contributed by atoms with van der Waals surface area (Å²) in [5.74, 6) is -1.95. The summed E-state index contributed by atoms with van der Waals surface area (Å²) in [6.45, 7) is 4.97. The maximum Gasteiger partial charge on any atom is 0.255 e. The summed E-state index contributed by atoms with van der Waals surface area (Å²) in [5, 5.41) is 10.2. The van der Waals surface area contributed by atoms with E-state index in [0.29, 0.717) is 12.0 Å². The van der Waals surface area contributed by atoms with E-state index in [1.165, 1.54) is 18.9 Å². The number of nitrogens with two attached hydrogens (primary N) is 2. The molecule has 28 heavy (non-hydrogen) atoms. The third-order valence-corrected chi connectivity index (χ3v) is 5.32. The van der Waals surface area contributed by atoms with Crippen LogP contribution in [0.3, 0.4) is 0 Å². The molecule has 1 aliphatic heterocycles. The molecule has 9 heteroatoms. The molecule has 1 heterocycles. The summed E-state index contributed by atoms with van der Waals surface area (Å²) in [4.78, 5) is 40.0. The van der Waals surface area contributed by atoms with Crippen LogP contribution in [0.2, 0.25) is 0 Å². The van der Waals surface area contributed by atoms with Gasteiger partial charge in [-0.1, -0.05) is 31.6 Å². The molecule has 0 aromatic rings. The Hall–Kier alpha value is -1.91. The van der Waals surface area contributed by atoms with Crippen LogP contribution in [-0.4, -0.2) is 69.2 Å². The first-order valence-electron chi connectivity index (χ1n) is 9.00. The first kappa shape index (κ1) is 26.1.